The second-order valence-electron chi connectivity index (χ2n) is 8.90. The maximum Gasteiger partial charge on any atom is 0.104 e. The third-order valence-electron chi connectivity index (χ3n) is 5.57. The summed E-state index contributed by atoms with van der Waals surface area (Å²) in [6.45, 7) is 3.69. The molecule has 0 saturated carbocycles. The number of hydrogen-bond donors (Lipinski definition) is 1. The van der Waals surface area contributed by atoms with Crippen molar-refractivity contribution in [1.82, 2.24) is 5.32 Å². The minimum atomic E-state index is 1.11. The van der Waals surface area contributed by atoms with E-state index in [2.05, 4.69) is 49.7 Å². The Morgan fingerprint density at radius 3 is 1.70 bits per heavy atom. The molecule has 3 heteroatoms. The largest absolute Gasteiger partial charge is 0.325 e. The lowest BCUT2D eigenvalue weighted by Gasteiger charge is -2.30. The Morgan fingerprint density at radius 1 is 0.704 bits per heavy atom. The second kappa shape index (κ2) is 16.3. The van der Waals surface area contributed by atoms with Crippen molar-refractivity contribution in [1.29, 1.82) is 0 Å². The summed E-state index contributed by atoms with van der Waals surface area (Å²) in [5.74, 6) is 0. The molecule has 0 unspecified atom stereocenters. The third kappa shape index (κ3) is 15.0. The highest BCUT2D eigenvalue weighted by Gasteiger charge is 2.14. The van der Waals surface area contributed by atoms with E-state index < -0.39 is 0 Å². The van der Waals surface area contributed by atoms with E-state index in [9.17, 15) is 0 Å². The quantitative estimate of drug-likeness (QED) is 0.214. The van der Waals surface area contributed by atoms with Gasteiger partial charge in [-0.05, 0) is 32.0 Å². The summed E-state index contributed by atoms with van der Waals surface area (Å²) in [7, 11) is 6.03. The Hall–Kier alpha value is -0.643. The smallest absolute Gasteiger partial charge is 0.104 e. The van der Waals surface area contributed by atoms with Gasteiger partial charge in [0.2, 0.25) is 0 Å². The second-order valence-corrected chi connectivity index (χ2v) is 9.61. The van der Waals surface area contributed by atoms with Crippen LogP contribution in [0.2, 0.25) is 0 Å². The van der Waals surface area contributed by atoms with E-state index in [0.29, 0.717) is 0 Å². The average molecular weight is 392 g/mol. The molecule has 0 aromatic heterocycles. The SMILES string of the molecule is C[N+](C)(CCCCCCCCCCCCCCNC[SiH3])Cc1ccccc1. The Bertz CT molecular complexity index is 433. The molecule has 0 spiro atoms. The molecule has 1 aromatic rings. The molecule has 1 N–H and O–H groups in total. The molecule has 0 saturated heterocycles. The molecule has 27 heavy (non-hydrogen) atoms. The molecule has 0 aliphatic rings. The fraction of sp³-hybridized carbons (Fsp3) is 0.750. The summed E-state index contributed by atoms with van der Waals surface area (Å²) in [5, 5.41) is 3.47. The number of quaternary nitrogens is 1. The molecule has 0 atom stereocenters. The number of rotatable bonds is 18. The lowest BCUT2D eigenvalue weighted by molar-refractivity contribution is -0.903. The summed E-state index contributed by atoms with van der Waals surface area (Å²) < 4.78 is 1.11. The van der Waals surface area contributed by atoms with E-state index >= 15 is 0 Å². The minimum Gasteiger partial charge on any atom is -0.325 e. The van der Waals surface area contributed by atoms with Crippen LogP contribution in [0, 0.1) is 0 Å². The molecule has 0 bridgehead atoms. The predicted octanol–water partition coefficient (Wildman–Crippen LogP) is 4.86. The first kappa shape index (κ1) is 24.4. The molecule has 1 aromatic carbocycles. The van der Waals surface area contributed by atoms with E-state index in [1.54, 1.807) is 0 Å². The molecule has 0 fully saturated rings. The van der Waals surface area contributed by atoms with Crippen LogP contribution in [0.4, 0.5) is 0 Å². The van der Waals surface area contributed by atoms with Gasteiger partial charge in [0, 0.05) is 15.8 Å². The van der Waals surface area contributed by atoms with E-state index in [1.807, 2.05) is 0 Å². The van der Waals surface area contributed by atoms with Gasteiger partial charge in [-0.15, -0.1) is 0 Å². The van der Waals surface area contributed by atoms with E-state index in [4.69, 9.17) is 0 Å². The fourth-order valence-electron chi connectivity index (χ4n) is 3.89. The zero-order chi connectivity index (χ0) is 19.6. The van der Waals surface area contributed by atoms with Crippen LogP contribution in [0.5, 0.6) is 0 Å². The first-order valence-corrected chi connectivity index (χ1v) is 13.1. The highest BCUT2D eigenvalue weighted by Crippen LogP contribution is 2.14. The number of nitrogens with one attached hydrogen (secondary N) is 1. The lowest BCUT2D eigenvalue weighted by Crippen LogP contribution is -2.39. The highest BCUT2D eigenvalue weighted by atomic mass is 28.1. The molecular weight excluding hydrogens is 344 g/mol. The molecule has 156 valence electrons. The first-order chi connectivity index (χ1) is 13.1. The Morgan fingerprint density at radius 2 is 1.19 bits per heavy atom. The highest BCUT2D eigenvalue weighted by molar-refractivity contribution is 6.08. The normalized spacial score (nSPS) is 11.9. The lowest BCUT2D eigenvalue weighted by atomic mass is 10.0. The van der Waals surface area contributed by atoms with Crippen molar-refractivity contribution in [2.24, 2.45) is 0 Å². The molecule has 0 aliphatic heterocycles. The zero-order valence-corrected chi connectivity index (χ0v) is 20.6. The number of unbranched alkanes of at least 4 members (excludes halogenated alkanes) is 11. The molecule has 2 nitrogen and oxygen atoms in total. The van der Waals surface area contributed by atoms with Gasteiger partial charge in [0.15, 0.2) is 0 Å². The van der Waals surface area contributed by atoms with Crippen LogP contribution in [0.15, 0.2) is 30.3 Å². The third-order valence-corrected chi connectivity index (χ3v) is 6.07. The number of benzene rings is 1. The van der Waals surface area contributed by atoms with Gasteiger partial charge < -0.3 is 9.80 Å². The maximum absolute atomic E-state index is 3.47. The zero-order valence-electron chi connectivity index (χ0n) is 18.6. The molecule has 1 rings (SSSR count). The van der Waals surface area contributed by atoms with Crippen LogP contribution in [0.3, 0.4) is 0 Å². The van der Waals surface area contributed by atoms with E-state index in [0.717, 1.165) is 11.0 Å². The number of nitrogens with zero attached hydrogens (tertiary/aromatic N) is 1. The van der Waals surface area contributed by atoms with E-state index in [-0.39, 0.29) is 0 Å². The fourth-order valence-corrected chi connectivity index (χ4v) is 4.24. The van der Waals surface area contributed by atoms with Gasteiger partial charge in [-0.25, -0.2) is 0 Å². The van der Waals surface area contributed by atoms with Gasteiger partial charge in [0.05, 0.1) is 20.6 Å². The first-order valence-electron chi connectivity index (χ1n) is 11.7. The van der Waals surface area contributed by atoms with Crippen molar-refractivity contribution >= 4 is 10.2 Å². The topological polar surface area (TPSA) is 12.0 Å². The van der Waals surface area contributed by atoms with Crippen molar-refractivity contribution in [3.8, 4) is 0 Å². The summed E-state index contributed by atoms with van der Waals surface area (Å²) in [6, 6.07) is 10.9. The van der Waals surface area contributed by atoms with Crippen LogP contribution >= 0.6 is 0 Å². The van der Waals surface area contributed by atoms with Crippen LogP contribution < -0.4 is 5.32 Å². The Labute approximate surface area is 173 Å². The van der Waals surface area contributed by atoms with Crippen molar-refractivity contribution in [3.05, 3.63) is 35.9 Å². The summed E-state index contributed by atoms with van der Waals surface area (Å²) in [5.41, 5.74) is 1.46. The van der Waals surface area contributed by atoms with Gasteiger partial charge in [-0.2, -0.15) is 0 Å². The Balaban J connectivity index is 1.85. The van der Waals surface area contributed by atoms with Crippen molar-refractivity contribution in [2.75, 3.05) is 33.4 Å². The van der Waals surface area contributed by atoms with Crippen LogP contribution in [-0.2, 0) is 6.54 Å². The van der Waals surface area contributed by atoms with Crippen LogP contribution in [-0.4, -0.2) is 48.1 Å². The molecule has 0 heterocycles. The van der Waals surface area contributed by atoms with Gasteiger partial charge in [0.25, 0.3) is 0 Å². The van der Waals surface area contributed by atoms with Crippen molar-refractivity contribution < 1.29 is 4.48 Å². The van der Waals surface area contributed by atoms with Crippen molar-refractivity contribution in [3.63, 3.8) is 0 Å². The summed E-state index contributed by atoms with van der Waals surface area (Å²) in [6.07, 6.45) is 18.4. The summed E-state index contributed by atoms with van der Waals surface area (Å²) in [4.78, 5) is 0. The molecule has 0 amide bonds. The van der Waals surface area contributed by atoms with Crippen LogP contribution in [0.25, 0.3) is 0 Å². The standard InChI is InChI=1S/C24H47N2Si/c1-26(2,22-24-18-14-13-15-19-24)21-17-12-10-8-6-4-3-5-7-9-11-16-20-25-23-27/h13-15,18-19,25H,3-12,16-17,20-23H2,1-2,27H3/q+1. The average Bonchev–Trinajstić information content (AvgIpc) is 2.65. The maximum atomic E-state index is 3.47. The number of hydrogen-bond acceptors (Lipinski definition) is 1. The van der Waals surface area contributed by atoms with Crippen molar-refractivity contribution in [2.45, 2.75) is 83.6 Å². The minimum absolute atomic E-state index is 1.11. The molecular formula is C24H47N2Si+. The van der Waals surface area contributed by atoms with Gasteiger partial charge in [-0.3, -0.25) is 0 Å². The monoisotopic (exact) mass is 391 g/mol. The summed E-state index contributed by atoms with van der Waals surface area (Å²) >= 11 is 0. The van der Waals surface area contributed by atoms with E-state index in [1.165, 1.54) is 112 Å². The Kier molecular flexibility index (Phi) is 14.7. The van der Waals surface area contributed by atoms with Gasteiger partial charge >= 0.3 is 0 Å². The molecule has 0 radical (unpaired) electrons. The predicted molar refractivity (Wildman–Crippen MR) is 125 cm³/mol. The molecule has 0 aliphatic carbocycles. The van der Waals surface area contributed by atoms with Crippen LogP contribution in [0.1, 0.15) is 82.6 Å². The van der Waals surface area contributed by atoms with Gasteiger partial charge in [-0.1, -0.05) is 88.1 Å². The van der Waals surface area contributed by atoms with Gasteiger partial charge in [0.1, 0.15) is 6.54 Å².